The van der Waals surface area contributed by atoms with Gasteiger partial charge in [-0.1, -0.05) is 0 Å². The number of carbonyl (C=O) groups is 1. The highest BCUT2D eigenvalue weighted by molar-refractivity contribution is 9.10. The summed E-state index contributed by atoms with van der Waals surface area (Å²) in [5.74, 6) is -0.233. The van der Waals surface area contributed by atoms with Gasteiger partial charge in [0.05, 0.1) is 22.2 Å². The van der Waals surface area contributed by atoms with E-state index in [1.54, 1.807) is 19.1 Å². The highest BCUT2D eigenvalue weighted by Gasteiger charge is 2.10. The Morgan fingerprint density at radius 1 is 1.40 bits per heavy atom. The number of aromatic hydroxyl groups is 1. The molecule has 8 nitrogen and oxygen atoms in total. The van der Waals surface area contributed by atoms with Crippen LogP contribution in [0, 0.1) is 10.1 Å². The van der Waals surface area contributed by atoms with Gasteiger partial charge in [0.25, 0.3) is 11.6 Å². The van der Waals surface area contributed by atoms with E-state index in [1.807, 2.05) is 0 Å². The van der Waals surface area contributed by atoms with Gasteiger partial charge < -0.3 is 9.84 Å². The first-order valence-electron chi connectivity index (χ1n) is 7.15. The number of nitro benzene ring substituents is 1. The summed E-state index contributed by atoms with van der Waals surface area (Å²) in [5.41, 5.74) is 3.06. The number of ether oxygens (including phenoxy) is 1. The molecule has 9 heteroatoms. The normalized spacial score (nSPS) is 10.6. The Bertz CT molecular complexity index is 821. The van der Waals surface area contributed by atoms with Gasteiger partial charge >= 0.3 is 0 Å². The van der Waals surface area contributed by atoms with E-state index in [-0.39, 0.29) is 17.0 Å². The molecule has 25 heavy (non-hydrogen) atoms. The number of non-ortho nitro benzene ring substituents is 1. The fourth-order valence-corrected chi connectivity index (χ4v) is 2.36. The molecule has 0 fully saturated rings. The van der Waals surface area contributed by atoms with Crippen LogP contribution in [0.3, 0.4) is 0 Å². The quantitative estimate of drug-likeness (QED) is 0.433. The molecule has 0 saturated heterocycles. The summed E-state index contributed by atoms with van der Waals surface area (Å²) < 4.78 is 5.73. The largest absolute Gasteiger partial charge is 0.503 e. The highest BCUT2D eigenvalue weighted by Crippen LogP contribution is 2.35. The number of benzene rings is 2. The molecule has 0 aliphatic rings. The molecule has 2 rings (SSSR count). The van der Waals surface area contributed by atoms with Crippen LogP contribution in [0.2, 0.25) is 0 Å². The lowest BCUT2D eigenvalue weighted by Crippen LogP contribution is -2.17. The molecule has 2 aromatic rings. The molecule has 2 N–H and O–H groups in total. The van der Waals surface area contributed by atoms with Crippen molar-refractivity contribution in [3.63, 3.8) is 0 Å². The van der Waals surface area contributed by atoms with E-state index in [0.717, 1.165) is 0 Å². The second-order valence-corrected chi connectivity index (χ2v) is 5.64. The Morgan fingerprint density at radius 3 is 2.68 bits per heavy atom. The van der Waals surface area contributed by atoms with E-state index in [4.69, 9.17) is 4.74 Å². The van der Waals surface area contributed by atoms with Gasteiger partial charge in [-0.15, -0.1) is 0 Å². The van der Waals surface area contributed by atoms with Crippen LogP contribution in [0.5, 0.6) is 11.5 Å². The van der Waals surface area contributed by atoms with Crippen LogP contribution in [-0.4, -0.2) is 28.8 Å². The number of nitro groups is 1. The smallest absolute Gasteiger partial charge is 0.271 e. The zero-order valence-electron chi connectivity index (χ0n) is 13.1. The van der Waals surface area contributed by atoms with Crippen LogP contribution in [0.25, 0.3) is 0 Å². The number of nitrogens with one attached hydrogen (secondary N) is 1. The minimum atomic E-state index is -0.543. The van der Waals surface area contributed by atoms with Crippen molar-refractivity contribution in [2.45, 2.75) is 6.92 Å². The Labute approximate surface area is 151 Å². The summed E-state index contributed by atoms with van der Waals surface area (Å²) in [4.78, 5) is 22.0. The van der Waals surface area contributed by atoms with Gasteiger partial charge in [0.1, 0.15) is 0 Å². The van der Waals surface area contributed by atoms with Gasteiger partial charge in [-0.2, -0.15) is 5.10 Å². The Morgan fingerprint density at radius 2 is 2.08 bits per heavy atom. The summed E-state index contributed by atoms with van der Waals surface area (Å²) in [6, 6.07) is 8.35. The average Bonchev–Trinajstić information content (AvgIpc) is 2.59. The number of phenols is 1. The minimum Gasteiger partial charge on any atom is -0.503 e. The van der Waals surface area contributed by atoms with Crippen molar-refractivity contribution in [2.24, 2.45) is 5.10 Å². The zero-order chi connectivity index (χ0) is 18.4. The number of phenolic OH excluding ortho intramolecular Hbond substituents is 1. The van der Waals surface area contributed by atoms with Crippen LogP contribution in [0.1, 0.15) is 22.8 Å². The molecule has 0 bridgehead atoms. The maximum atomic E-state index is 11.9. The first-order valence-corrected chi connectivity index (χ1v) is 7.94. The van der Waals surface area contributed by atoms with Crippen molar-refractivity contribution in [3.05, 3.63) is 62.1 Å². The lowest BCUT2D eigenvalue weighted by molar-refractivity contribution is -0.384. The molecule has 0 aromatic heterocycles. The molecular formula is C16H14BrN3O5. The van der Waals surface area contributed by atoms with E-state index in [1.165, 1.54) is 30.5 Å². The molecule has 130 valence electrons. The van der Waals surface area contributed by atoms with E-state index >= 15 is 0 Å². The van der Waals surface area contributed by atoms with Crippen LogP contribution in [-0.2, 0) is 0 Å². The van der Waals surface area contributed by atoms with E-state index in [0.29, 0.717) is 22.4 Å². The fraction of sp³-hybridized carbons (Fsp3) is 0.125. The van der Waals surface area contributed by atoms with Crippen molar-refractivity contribution in [1.82, 2.24) is 5.43 Å². The Balaban J connectivity index is 2.07. The van der Waals surface area contributed by atoms with Crippen molar-refractivity contribution < 1.29 is 19.6 Å². The molecule has 0 spiro atoms. The molecule has 0 atom stereocenters. The van der Waals surface area contributed by atoms with Gasteiger partial charge in [0.15, 0.2) is 11.5 Å². The minimum absolute atomic E-state index is 0.0195. The SMILES string of the molecule is CCOc1cc(/C=N/NC(=O)c2ccc([N+](=O)[O-])cc2)cc(Br)c1O. The first kappa shape index (κ1) is 18.4. The maximum Gasteiger partial charge on any atom is 0.271 e. The van der Waals surface area contributed by atoms with Gasteiger partial charge in [-0.05, 0) is 52.7 Å². The number of carbonyl (C=O) groups excluding carboxylic acids is 1. The number of halogens is 1. The molecule has 1 amide bonds. The summed E-state index contributed by atoms with van der Waals surface area (Å²) in [6.07, 6.45) is 1.38. The predicted octanol–water partition coefficient (Wildman–Crippen LogP) is 3.23. The first-order chi connectivity index (χ1) is 11.9. The number of hydrogen-bond acceptors (Lipinski definition) is 6. The average molecular weight is 408 g/mol. The monoisotopic (exact) mass is 407 g/mol. The topological polar surface area (TPSA) is 114 Å². The standard InChI is InChI=1S/C16H14BrN3O5/c1-2-25-14-8-10(7-13(17)15(14)21)9-18-19-16(22)11-3-5-12(6-4-11)20(23)24/h3-9,21H,2H2,1H3,(H,19,22)/b18-9+. The van der Waals surface area contributed by atoms with Crippen molar-refractivity contribution >= 4 is 33.7 Å². The summed E-state index contributed by atoms with van der Waals surface area (Å²) in [6.45, 7) is 2.18. The molecule has 0 aliphatic heterocycles. The van der Waals surface area contributed by atoms with E-state index < -0.39 is 10.8 Å². The summed E-state index contributed by atoms with van der Waals surface area (Å²) >= 11 is 3.21. The maximum absolute atomic E-state index is 11.9. The number of nitrogens with zero attached hydrogens (tertiary/aromatic N) is 2. The Hall–Kier alpha value is -2.94. The molecular weight excluding hydrogens is 394 g/mol. The molecule has 2 aromatic carbocycles. The van der Waals surface area contributed by atoms with Crippen LogP contribution in [0.4, 0.5) is 5.69 Å². The van der Waals surface area contributed by atoms with Crippen molar-refractivity contribution in [1.29, 1.82) is 0 Å². The summed E-state index contributed by atoms with van der Waals surface area (Å²) in [7, 11) is 0. The van der Waals surface area contributed by atoms with Gasteiger partial charge in [-0.3, -0.25) is 14.9 Å². The molecule has 0 saturated carbocycles. The van der Waals surface area contributed by atoms with Crippen molar-refractivity contribution in [2.75, 3.05) is 6.61 Å². The van der Waals surface area contributed by atoms with E-state index in [2.05, 4.69) is 26.5 Å². The molecule has 0 radical (unpaired) electrons. The molecule has 0 unspecified atom stereocenters. The number of amides is 1. The van der Waals surface area contributed by atoms with Gasteiger partial charge in [0.2, 0.25) is 0 Å². The predicted molar refractivity (Wildman–Crippen MR) is 95.1 cm³/mol. The van der Waals surface area contributed by atoms with Gasteiger partial charge in [0, 0.05) is 17.7 Å². The van der Waals surface area contributed by atoms with Crippen LogP contribution < -0.4 is 10.2 Å². The zero-order valence-corrected chi connectivity index (χ0v) is 14.7. The van der Waals surface area contributed by atoms with E-state index in [9.17, 15) is 20.0 Å². The molecule has 0 heterocycles. The second kappa shape index (κ2) is 8.25. The van der Waals surface area contributed by atoms with Crippen LogP contribution in [0.15, 0.2) is 46.0 Å². The Kier molecular flexibility index (Phi) is 6.07. The van der Waals surface area contributed by atoms with Crippen LogP contribution >= 0.6 is 15.9 Å². The lowest BCUT2D eigenvalue weighted by Gasteiger charge is -2.08. The summed E-state index contributed by atoms with van der Waals surface area (Å²) in [5, 5.41) is 24.3. The third-order valence-electron chi connectivity index (χ3n) is 3.07. The fourth-order valence-electron chi connectivity index (χ4n) is 1.90. The third kappa shape index (κ3) is 4.77. The lowest BCUT2D eigenvalue weighted by atomic mass is 10.2. The number of rotatable bonds is 6. The number of hydrogen-bond donors (Lipinski definition) is 2. The number of hydrazone groups is 1. The molecule has 0 aliphatic carbocycles. The second-order valence-electron chi connectivity index (χ2n) is 4.79. The van der Waals surface area contributed by atoms with Gasteiger partial charge in [-0.25, -0.2) is 5.43 Å². The highest BCUT2D eigenvalue weighted by atomic mass is 79.9. The third-order valence-corrected chi connectivity index (χ3v) is 3.68. The van der Waals surface area contributed by atoms with Crippen molar-refractivity contribution in [3.8, 4) is 11.5 Å².